The molecular weight excluding hydrogens is 599 g/mol. The summed E-state index contributed by atoms with van der Waals surface area (Å²) < 4.78 is 7.02. The molecule has 11 aromatic rings. The summed E-state index contributed by atoms with van der Waals surface area (Å²) in [5.41, 5.74) is 11.9. The Hall–Kier alpha value is -6.72. The minimum atomic E-state index is 0.917. The second kappa shape index (κ2) is 9.89. The molecule has 11 rings (SSSR count). The van der Waals surface area contributed by atoms with E-state index in [0.717, 1.165) is 66.9 Å². The van der Waals surface area contributed by atoms with Gasteiger partial charge in [-0.3, -0.25) is 8.97 Å². The van der Waals surface area contributed by atoms with E-state index in [1.165, 1.54) is 27.1 Å². The van der Waals surface area contributed by atoms with Gasteiger partial charge in [-0.1, -0.05) is 97.1 Å². The third-order valence-corrected chi connectivity index (χ3v) is 9.99. The molecule has 0 radical (unpaired) electrons. The molecule has 228 valence electrons. The zero-order valence-electron chi connectivity index (χ0n) is 26.3. The van der Waals surface area contributed by atoms with E-state index >= 15 is 0 Å². The normalized spacial score (nSPS) is 12.1. The van der Waals surface area contributed by atoms with E-state index in [1.54, 1.807) is 0 Å². The van der Waals surface area contributed by atoms with Gasteiger partial charge in [0.15, 0.2) is 0 Å². The molecule has 0 aliphatic rings. The quantitative estimate of drug-likeness (QED) is 0.183. The molecule has 0 saturated carbocycles. The number of imidazole rings is 2. The summed E-state index contributed by atoms with van der Waals surface area (Å²) in [6, 6.07) is 58.2. The smallest absolute Gasteiger partial charge is 0.146 e. The fourth-order valence-corrected chi connectivity index (χ4v) is 7.98. The summed E-state index contributed by atoms with van der Waals surface area (Å²) in [6.45, 7) is 0. The second-order valence-corrected chi connectivity index (χ2v) is 12.7. The lowest BCUT2D eigenvalue weighted by molar-refractivity contribution is 1.10. The molecule has 0 N–H and O–H groups in total. The van der Waals surface area contributed by atoms with Crippen LogP contribution in [0.3, 0.4) is 0 Å². The predicted molar refractivity (Wildman–Crippen MR) is 202 cm³/mol. The largest absolute Gasteiger partial charge is 0.309 e. The molecule has 4 heterocycles. The Kier molecular flexibility index (Phi) is 5.32. The van der Waals surface area contributed by atoms with Crippen LogP contribution < -0.4 is 0 Å². The Morgan fingerprint density at radius 1 is 0.367 bits per heavy atom. The number of nitrogens with zero attached hydrogens (tertiary/aromatic N) is 5. The molecule has 0 fully saturated rings. The van der Waals surface area contributed by atoms with Crippen LogP contribution in [0.15, 0.2) is 164 Å². The van der Waals surface area contributed by atoms with E-state index < -0.39 is 0 Å². The topological polar surface area (TPSA) is 40.0 Å². The average Bonchev–Trinajstić information content (AvgIpc) is 3.85. The molecule has 0 amide bonds. The number of benzene rings is 7. The Balaban J connectivity index is 1.24. The van der Waals surface area contributed by atoms with Crippen LogP contribution in [0, 0.1) is 0 Å². The number of hydrogen-bond acceptors (Lipinski definition) is 2. The molecule has 0 spiro atoms. The minimum absolute atomic E-state index is 0.917. The van der Waals surface area contributed by atoms with Gasteiger partial charge in [-0.15, -0.1) is 0 Å². The summed E-state index contributed by atoms with van der Waals surface area (Å²) in [5, 5.41) is 6.06. The van der Waals surface area contributed by atoms with Gasteiger partial charge in [0.2, 0.25) is 0 Å². The van der Waals surface area contributed by atoms with Crippen molar-refractivity contribution < 1.29 is 0 Å². The Bertz CT molecular complexity index is 3110. The van der Waals surface area contributed by atoms with E-state index in [0.29, 0.717) is 0 Å². The van der Waals surface area contributed by atoms with Gasteiger partial charge in [-0.05, 0) is 72.1 Å². The SMILES string of the molecule is c1ccc(-n2c(-c3cccc(-n4c5ccccc5c5c6c7ccccc7c7nc8ccccc8n7c6ccc54)c3)nc3ccccc32)cc1. The Labute approximate surface area is 280 Å². The van der Waals surface area contributed by atoms with Crippen molar-refractivity contribution in [1.29, 1.82) is 0 Å². The van der Waals surface area contributed by atoms with Crippen LogP contribution in [-0.4, -0.2) is 23.5 Å². The first kappa shape index (κ1) is 26.4. The van der Waals surface area contributed by atoms with E-state index in [4.69, 9.17) is 9.97 Å². The number of pyridine rings is 1. The Morgan fingerprint density at radius 2 is 0.980 bits per heavy atom. The molecule has 5 nitrogen and oxygen atoms in total. The van der Waals surface area contributed by atoms with Gasteiger partial charge in [0, 0.05) is 38.5 Å². The maximum atomic E-state index is 5.18. The maximum Gasteiger partial charge on any atom is 0.146 e. The lowest BCUT2D eigenvalue weighted by Crippen LogP contribution is -1.99. The van der Waals surface area contributed by atoms with Crippen molar-refractivity contribution in [2.24, 2.45) is 0 Å². The molecule has 0 saturated heterocycles. The van der Waals surface area contributed by atoms with Crippen molar-refractivity contribution in [2.45, 2.75) is 0 Å². The van der Waals surface area contributed by atoms with Crippen LogP contribution in [-0.2, 0) is 0 Å². The highest BCUT2D eigenvalue weighted by Crippen LogP contribution is 2.42. The molecule has 0 atom stereocenters. The standard InChI is InChI=1S/C44H27N5/c1-2-14-29(15-3-1)48-37-23-10-7-20-34(37)45-43(48)28-13-12-16-30(27-28)47-36-22-9-6-19-33(36)42-39(47)25-26-40-41(42)31-17-4-5-18-32(31)44-46-35-21-8-11-24-38(35)49(40)44/h1-27H. The van der Waals surface area contributed by atoms with Gasteiger partial charge < -0.3 is 4.57 Å². The van der Waals surface area contributed by atoms with Crippen LogP contribution >= 0.6 is 0 Å². The monoisotopic (exact) mass is 625 g/mol. The highest BCUT2D eigenvalue weighted by molar-refractivity contribution is 6.29. The van der Waals surface area contributed by atoms with Gasteiger partial charge in [0.1, 0.15) is 11.5 Å². The zero-order valence-corrected chi connectivity index (χ0v) is 26.3. The van der Waals surface area contributed by atoms with Crippen molar-refractivity contribution in [3.05, 3.63) is 164 Å². The van der Waals surface area contributed by atoms with Crippen LogP contribution in [0.4, 0.5) is 0 Å². The third kappa shape index (κ3) is 3.64. The summed E-state index contributed by atoms with van der Waals surface area (Å²) >= 11 is 0. The summed E-state index contributed by atoms with van der Waals surface area (Å²) in [4.78, 5) is 10.3. The van der Waals surface area contributed by atoms with Gasteiger partial charge in [0.05, 0.1) is 38.6 Å². The first-order chi connectivity index (χ1) is 24.3. The molecule has 0 aliphatic heterocycles. The average molecular weight is 626 g/mol. The lowest BCUT2D eigenvalue weighted by atomic mass is 10.0. The molecule has 0 unspecified atom stereocenters. The first-order valence-electron chi connectivity index (χ1n) is 16.6. The molecule has 5 heteroatoms. The Morgan fingerprint density at radius 3 is 1.82 bits per heavy atom. The molecule has 0 aliphatic carbocycles. The second-order valence-electron chi connectivity index (χ2n) is 12.7. The number of hydrogen-bond donors (Lipinski definition) is 0. The van der Waals surface area contributed by atoms with Gasteiger partial charge in [-0.2, -0.15) is 0 Å². The van der Waals surface area contributed by atoms with Crippen LogP contribution in [0.1, 0.15) is 0 Å². The number of rotatable bonds is 3. The summed E-state index contributed by atoms with van der Waals surface area (Å²) in [5.74, 6) is 0.917. The van der Waals surface area contributed by atoms with E-state index in [-0.39, 0.29) is 0 Å². The van der Waals surface area contributed by atoms with Crippen molar-refractivity contribution >= 4 is 71.2 Å². The van der Waals surface area contributed by atoms with Crippen molar-refractivity contribution in [1.82, 2.24) is 23.5 Å². The van der Waals surface area contributed by atoms with Gasteiger partial charge in [-0.25, -0.2) is 9.97 Å². The van der Waals surface area contributed by atoms with E-state index in [2.05, 4.69) is 177 Å². The molecule has 49 heavy (non-hydrogen) atoms. The van der Waals surface area contributed by atoms with Gasteiger partial charge >= 0.3 is 0 Å². The third-order valence-electron chi connectivity index (χ3n) is 9.99. The summed E-state index contributed by atoms with van der Waals surface area (Å²) in [6.07, 6.45) is 0. The van der Waals surface area contributed by atoms with Crippen LogP contribution in [0.2, 0.25) is 0 Å². The highest BCUT2D eigenvalue weighted by atomic mass is 15.1. The number of para-hydroxylation sites is 6. The summed E-state index contributed by atoms with van der Waals surface area (Å²) in [7, 11) is 0. The number of aromatic nitrogens is 5. The number of fused-ring (bicyclic) bond motifs is 13. The molecule has 0 bridgehead atoms. The molecule has 4 aromatic heterocycles. The van der Waals surface area contributed by atoms with Crippen molar-refractivity contribution in [2.75, 3.05) is 0 Å². The predicted octanol–water partition coefficient (Wildman–Crippen LogP) is 10.9. The van der Waals surface area contributed by atoms with Gasteiger partial charge in [0.25, 0.3) is 0 Å². The minimum Gasteiger partial charge on any atom is -0.309 e. The zero-order chi connectivity index (χ0) is 32.1. The van der Waals surface area contributed by atoms with Crippen molar-refractivity contribution in [3.63, 3.8) is 0 Å². The lowest BCUT2D eigenvalue weighted by Gasteiger charge is -2.13. The maximum absolute atomic E-state index is 5.18. The van der Waals surface area contributed by atoms with E-state index in [1.807, 2.05) is 0 Å². The first-order valence-corrected chi connectivity index (χ1v) is 16.6. The van der Waals surface area contributed by atoms with Crippen LogP contribution in [0.25, 0.3) is 94.0 Å². The fourth-order valence-electron chi connectivity index (χ4n) is 7.98. The van der Waals surface area contributed by atoms with Crippen molar-refractivity contribution in [3.8, 4) is 22.8 Å². The van der Waals surface area contributed by atoms with Crippen LogP contribution in [0.5, 0.6) is 0 Å². The van der Waals surface area contributed by atoms with E-state index in [9.17, 15) is 0 Å². The molecular formula is C44H27N5. The highest BCUT2D eigenvalue weighted by Gasteiger charge is 2.21. The molecule has 7 aromatic carbocycles. The fraction of sp³-hybridized carbons (Fsp3) is 0.